The van der Waals surface area contributed by atoms with Crippen molar-refractivity contribution in [3.63, 3.8) is 0 Å². The van der Waals surface area contributed by atoms with Gasteiger partial charge in [-0.2, -0.15) is 9.82 Å². The Morgan fingerprint density at radius 3 is 2.26 bits per heavy atom. The summed E-state index contributed by atoms with van der Waals surface area (Å²) in [5.41, 5.74) is 11.2. The largest absolute Gasteiger partial charge is 0.381 e. The van der Waals surface area contributed by atoms with Crippen LogP contribution in [0.5, 0.6) is 0 Å². The standard InChI is InChI=1S/C10H19N5O3S/c1-5(2)7(10(12)16)14-19(17,18)8-6(3)15(4)13-9(8)11/h5,7,14H,1-4H3,(H2,11,13)(H2,12,16). The van der Waals surface area contributed by atoms with Crippen molar-refractivity contribution in [2.45, 2.75) is 31.7 Å². The third-order valence-corrected chi connectivity index (χ3v) is 4.43. The van der Waals surface area contributed by atoms with E-state index in [0.29, 0.717) is 5.69 Å². The van der Waals surface area contributed by atoms with Crippen molar-refractivity contribution < 1.29 is 13.2 Å². The number of carbonyl (C=O) groups is 1. The molecule has 19 heavy (non-hydrogen) atoms. The third kappa shape index (κ3) is 3.04. The first-order chi connectivity index (χ1) is 8.58. The number of nitrogens with zero attached hydrogens (tertiary/aromatic N) is 2. The molecule has 0 aromatic carbocycles. The van der Waals surface area contributed by atoms with Gasteiger partial charge < -0.3 is 11.5 Å². The van der Waals surface area contributed by atoms with Gasteiger partial charge in [0.05, 0.1) is 5.69 Å². The monoisotopic (exact) mass is 289 g/mol. The Hall–Kier alpha value is -1.61. The van der Waals surface area contributed by atoms with Gasteiger partial charge in [0.15, 0.2) is 5.82 Å². The maximum Gasteiger partial charge on any atom is 0.246 e. The van der Waals surface area contributed by atoms with E-state index in [2.05, 4.69) is 9.82 Å². The molecule has 0 spiro atoms. The lowest BCUT2D eigenvalue weighted by molar-refractivity contribution is -0.120. The van der Waals surface area contributed by atoms with Crippen molar-refractivity contribution in [2.24, 2.45) is 18.7 Å². The summed E-state index contributed by atoms with van der Waals surface area (Å²) in [6, 6.07) is -0.996. The van der Waals surface area contributed by atoms with Crippen LogP contribution in [-0.2, 0) is 21.9 Å². The third-order valence-electron chi connectivity index (χ3n) is 2.83. The molecule has 0 aliphatic carbocycles. The zero-order valence-corrected chi connectivity index (χ0v) is 12.2. The van der Waals surface area contributed by atoms with Crippen LogP contribution >= 0.6 is 0 Å². The lowest BCUT2D eigenvalue weighted by Crippen LogP contribution is -2.47. The number of nitrogen functional groups attached to an aromatic ring is 1. The van der Waals surface area contributed by atoms with Crippen LogP contribution in [0.1, 0.15) is 19.5 Å². The van der Waals surface area contributed by atoms with Gasteiger partial charge in [0.25, 0.3) is 0 Å². The number of primary amides is 1. The molecule has 0 saturated heterocycles. The lowest BCUT2D eigenvalue weighted by Gasteiger charge is -2.18. The molecule has 0 fully saturated rings. The molecular formula is C10H19N5O3S. The molecular weight excluding hydrogens is 270 g/mol. The van der Waals surface area contributed by atoms with Crippen LogP contribution in [0.2, 0.25) is 0 Å². The van der Waals surface area contributed by atoms with Crippen LogP contribution in [0, 0.1) is 12.8 Å². The first kappa shape index (κ1) is 15.4. The molecule has 1 rings (SSSR count). The average Bonchev–Trinajstić information content (AvgIpc) is 2.49. The summed E-state index contributed by atoms with van der Waals surface area (Å²) in [7, 11) is -2.37. The summed E-state index contributed by atoms with van der Waals surface area (Å²) < 4.78 is 28.1. The molecule has 8 nitrogen and oxygen atoms in total. The van der Waals surface area contributed by atoms with Crippen molar-refractivity contribution in [1.29, 1.82) is 0 Å². The number of aryl methyl sites for hydroxylation is 1. The minimum absolute atomic E-state index is 0.112. The number of rotatable bonds is 5. The van der Waals surface area contributed by atoms with Crippen molar-refractivity contribution in [3.8, 4) is 0 Å². The van der Waals surface area contributed by atoms with E-state index in [1.54, 1.807) is 27.8 Å². The van der Waals surface area contributed by atoms with Gasteiger partial charge in [0.2, 0.25) is 15.9 Å². The van der Waals surface area contributed by atoms with Crippen LogP contribution in [0.4, 0.5) is 5.82 Å². The zero-order chi connectivity index (χ0) is 15.0. The van der Waals surface area contributed by atoms with Crippen LogP contribution in [-0.4, -0.2) is 30.1 Å². The van der Waals surface area contributed by atoms with E-state index in [-0.39, 0.29) is 16.6 Å². The van der Waals surface area contributed by atoms with Gasteiger partial charge in [0.1, 0.15) is 10.9 Å². The van der Waals surface area contributed by atoms with Gasteiger partial charge in [-0.3, -0.25) is 9.48 Å². The maximum absolute atomic E-state index is 12.3. The number of aromatic nitrogens is 2. The number of amides is 1. The number of hydrogen-bond acceptors (Lipinski definition) is 5. The second-order valence-electron chi connectivity index (χ2n) is 4.67. The topological polar surface area (TPSA) is 133 Å². The summed E-state index contributed by atoms with van der Waals surface area (Å²) in [6.45, 7) is 4.96. The lowest BCUT2D eigenvalue weighted by atomic mass is 10.1. The van der Waals surface area contributed by atoms with Crippen LogP contribution < -0.4 is 16.2 Å². The normalized spacial score (nSPS) is 13.7. The highest BCUT2D eigenvalue weighted by Crippen LogP contribution is 2.21. The molecule has 0 radical (unpaired) electrons. The Bertz CT molecular complexity index is 591. The second-order valence-corrected chi connectivity index (χ2v) is 6.32. The maximum atomic E-state index is 12.3. The van der Waals surface area contributed by atoms with E-state index in [0.717, 1.165) is 0 Å². The second kappa shape index (κ2) is 5.17. The SMILES string of the molecule is Cc1c(S(=O)(=O)NC(C(N)=O)C(C)C)c(N)nn1C. The van der Waals surface area contributed by atoms with Gasteiger partial charge in [0, 0.05) is 7.05 Å². The molecule has 0 aliphatic heterocycles. The molecule has 1 atom stereocenters. The number of sulfonamides is 1. The zero-order valence-electron chi connectivity index (χ0n) is 11.3. The molecule has 0 bridgehead atoms. The van der Waals surface area contributed by atoms with Gasteiger partial charge >= 0.3 is 0 Å². The van der Waals surface area contributed by atoms with E-state index < -0.39 is 22.0 Å². The minimum atomic E-state index is -3.95. The Morgan fingerprint density at radius 1 is 1.42 bits per heavy atom. The number of carbonyl (C=O) groups excluding carboxylic acids is 1. The first-order valence-corrected chi connectivity index (χ1v) is 7.17. The highest BCUT2D eigenvalue weighted by molar-refractivity contribution is 7.89. The average molecular weight is 289 g/mol. The van der Waals surface area contributed by atoms with E-state index >= 15 is 0 Å². The predicted molar refractivity (Wildman–Crippen MR) is 70.5 cm³/mol. The summed E-state index contributed by atoms with van der Waals surface area (Å²) in [5.74, 6) is -1.12. The Kier molecular flexibility index (Phi) is 4.21. The molecule has 9 heteroatoms. The molecule has 0 saturated carbocycles. The van der Waals surface area contributed by atoms with Gasteiger partial charge in [-0.05, 0) is 12.8 Å². The predicted octanol–water partition coefficient (Wildman–Crippen LogP) is -0.901. The number of hydrogen-bond donors (Lipinski definition) is 3. The van der Waals surface area contributed by atoms with E-state index in [9.17, 15) is 13.2 Å². The molecule has 1 heterocycles. The fourth-order valence-electron chi connectivity index (χ4n) is 1.70. The molecule has 1 aromatic heterocycles. The molecule has 5 N–H and O–H groups in total. The molecule has 1 aromatic rings. The molecule has 1 unspecified atom stereocenters. The first-order valence-electron chi connectivity index (χ1n) is 5.68. The fourth-order valence-corrected chi connectivity index (χ4v) is 3.37. The van der Waals surface area contributed by atoms with Gasteiger partial charge in [-0.15, -0.1) is 0 Å². The van der Waals surface area contributed by atoms with Crippen molar-refractivity contribution in [3.05, 3.63) is 5.69 Å². The van der Waals surface area contributed by atoms with Crippen LogP contribution in [0.15, 0.2) is 4.90 Å². The highest BCUT2D eigenvalue weighted by atomic mass is 32.2. The number of nitrogens with two attached hydrogens (primary N) is 2. The minimum Gasteiger partial charge on any atom is -0.381 e. The summed E-state index contributed by atoms with van der Waals surface area (Å²) >= 11 is 0. The Morgan fingerprint density at radius 2 is 1.95 bits per heavy atom. The molecule has 1 amide bonds. The number of nitrogens with one attached hydrogen (secondary N) is 1. The summed E-state index contributed by atoms with van der Waals surface area (Å²) in [6.07, 6.45) is 0. The van der Waals surface area contributed by atoms with Crippen molar-refractivity contribution in [2.75, 3.05) is 5.73 Å². The quantitative estimate of drug-likeness (QED) is 0.646. The van der Waals surface area contributed by atoms with Crippen LogP contribution in [0.25, 0.3) is 0 Å². The molecule has 108 valence electrons. The van der Waals surface area contributed by atoms with Crippen LogP contribution in [0.3, 0.4) is 0 Å². The summed E-state index contributed by atoms with van der Waals surface area (Å²) in [4.78, 5) is 11.1. The highest BCUT2D eigenvalue weighted by Gasteiger charge is 2.30. The van der Waals surface area contributed by atoms with Crippen molar-refractivity contribution in [1.82, 2.24) is 14.5 Å². The van der Waals surface area contributed by atoms with E-state index in [1.165, 1.54) is 4.68 Å². The Balaban J connectivity index is 3.22. The van der Waals surface area contributed by atoms with Gasteiger partial charge in [-0.25, -0.2) is 8.42 Å². The van der Waals surface area contributed by atoms with E-state index in [1.807, 2.05) is 0 Å². The Labute approximate surface area is 112 Å². The smallest absolute Gasteiger partial charge is 0.246 e. The van der Waals surface area contributed by atoms with Crippen molar-refractivity contribution >= 4 is 21.7 Å². The number of anilines is 1. The summed E-state index contributed by atoms with van der Waals surface area (Å²) in [5, 5.41) is 3.83. The van der Waals surface area contributed by atoms with E-state index in [4.69, 9.17) is 11.5 Å². The fraction of sp³-hybridized carbons (Fsp3) is 0.600. The van der Waals surface area contributed by atoms with Gasteiger partial charge in [-0.1, -0.05) is 13.8 Å². The molecule has 0 aliphatic rings.